The van der Waals surface area contributed by atoms with Crippen LogP contribution in [0.1, 0.15) is 22.5 Å². The van der Waals surface area contributed by atoms with Gasteiger partial charge in [0.1, 0.15) is 11.7 Å². The molecule has 0 bridgehead atoms. The minimum atomic E-state index is 0.803. The summed E-state index contributed by atoms with van der Waals surface area (Å²) >= 11 is 0. The zero-order valence-corrected chi connectivity index (χ0v) is 23.4. The third-order valence-electron chi connectivity index (χ3n) is 7.23. The van der Waals surface area contributed by atoms with Crippen molar-refractivity contribution in [3.05, 3.63) is 192 Å². The number of aromatic amines is 1. The first kappa shape index (κ1) is 26.0. The Bertz CT molecular complexity index is 1780. The smallest absolute Gasteiger partial charge is 0.131 e. The van der Waals surface area contributed by atoms with Gasteiger partial charge >= 0.3 is 0 Å². The highest BCUT2D eigenvalue weighted by atomic mass is 15.0. The van der Waals surface area contributed by atoms with Crippen LogP contribution in [-0.2, 0) is 0 Å². The van der Waals surface area contributed by atoms with Crippen LogP contribution in [0.2, 0.25) is 0 Å². The van der Waals surface area contributed by atoms with Gasteiger partial charge in [0.05, 0.1) is 11.4 Å². The van der Waals surface area contributed by atoms with Crippen LogP contribution in [0.3, 0.4) is 0 Å². The van der Waals surface area contributed by atoms with Crippen molar-refractivity contribution in [3.63, 3.8) is 0 Å². The second kappa shape index (κ2) is 11.9. The van der Waals surface area contributed by atoms with Crippen molar-refractivity contribution < 1.29 is 0 Å². The fourth-order valence-corrected chi connectivity index (χ4v) is 5.26. The second-order valence-corrected chi connectivity index (χ2v) is 10.2. The molecule has 0 amide bonds. The molecule has 3 N–H and O–H groups in total. The predicted molar refractivity (Wildman–Crippen MR) is 179 cm³/mol. The van der Waals surface area contributed by atoms with E-state index >= 15 is 0 Å². The molecule has 0 saturated heterocycles. The molecule has 0 unspecified atom stereocenters. The van der Waals surface area contributed by atoms with Crippen LogP contribution in [-0.4, -0.2) is 16.7 Å². The molecule has 2 aliphatic heterocycles. The Hall–Kier alpha value is -5.94. The standard InChI is InChI=1S/C38H29N5/c1-5-13-27(14-6-1)37(33-23-25-35(42-33)39-29-17-9-3-10-18-29)31-21-22-32(41-31)38(28-15-7-2-8-16-28)34-24-26-36(43-34)40-30-19-11-4-12-20-30/h1-26,41H,(H,39,42)(H,40,43). The van der Waals surface area contributed by atoms with E-state index in [1.54, 1.807) is 0 Å². The number of para-hydroxylation sites is 2. The zero-order valence-electron chi connectivity index (χ0n) is 23.4. The van der Waals surface area contributed by atoms with E-state index in [0.29, 0.717) is 0 Å². The lowest BCUT2D eigenvalue weighted by Crippen LogP contribution is -2.06. The number of amidine groups is 2. The van der Waals surface area contributed by atoms with Gasteiger partial charge in [0, 0.05) is 33.9 Å². The first-order valence-corrected chi connectivity index (χ1v) is 14.3. The van der Waals surface area contributed by atoms with Crippen LogP contribution < -0.4 is 10.6 Å². The molecule has 5 heteroatoms. The van der Waals surface area contributed by atoms with E-state index in [4.69, 9.17) is 9.98 Å². The molecular weight excluding hydrogens is 526 g/mol. The van der Waals surface area contributed by atoms with E-state index in [0.717, 1.165) is 68.1 Å². The molecule has 0 saturated carbocycles. The minimum absolute atomic E-state index is 0.803. The van der Waals surface area contributed by atoms with Crippen molar-refractivity contribution in [1.82, 2.24) is 4.98 Å². The maximum Gasteiger partial charge on any atom is 0.131 e. The number of nitrogens with zero attached hydrogens (tertiary/aromatic N) is 2. The SMILES string of the molecule is C1=CC(=C(c2ccccc2)c2ccc(C(=C3C=CC(Nc4ccccc4)=N3)c3ccccc3)[nH]2)N=C1Nc1ccccc1. The van der Waals surface area contributed by atoms with E-state index in [2.05, 4.69) is 88.4 Å². The third kappa shape index (κ3) is 5.78. The van der Waals surface area contributed by atoms with Gasteiger partial charge < -0.3 is 15.6 Å². The van der Waals surface area contributed by atoms with Crippen LogP contribution in [0, 0.1) is 0 Å². The Labute approximate surface area is 251 Å². The van der Waals surface area contributed by atoms with Gasteiger partial charge in [0.25, 0.3) is 0 Å². The van der Waals surface area contributed by atoms with Gasteiger partial charge in [-0.2, -0.15) is 0 Å². The number of aliphatic imine (C=N–C) groups is 2. The average molecular weight is 556 g/mol. The van der Waals surface area contributed by atoms with Crippen molar-refractivity contribution in [1.29, 1.82) is 0 Å². The van der Waals surface area contributed by atoms with Crippen molar-refractivity contribution in [2.75, 3.05) is 10.6 Å². The largest absolute Gasteiger partial charge is 0.354 e. The van der Waals surface area contributed by atoms with Gasteiger partial charge in [0.15, 0.2) is 0 Å². The summed E-state index contributed by atoms with van der Waals surface area (Å²) in [4.78, 5) is 13.7. The fraction of sp³-hybridized carbons (Fsp3) is 0. The Balaban J connectivity index is 1.29. The number of benzene rings is 4. The van der Waals surface area contributed by atoms with Crippen LogP contribution in [0.25, 0.3) is 11.1 Å². The normalized spacial score (nSPS) is 16.1. The van der Waals surface area contributed by atoms with Crippen LogP contribution in [0.4, 0.5) is 11.4 Å². The van der Waals surface area contributed by atoms with Crippen molar-refractivity contribution in [3.8, 4) is 0 Å². The van der Waals surface area contributed by atoms with Gasteiger partial charge in [0.2, 0.25) is 0 Å². The number of hydrogen-bond acceptors (Lipinski definition) is 4. The topological polar surface area (TPSA) is 64.6 Å². The van der Waals surface area contributed by atoms with Crippen molar-refractivity contribution >= 4 is 34.2 Å². The van der Waals surface area contributed by atoms with Gasteiger partial charge in [-0.05, 0) is 71.8 Å². The lowest BCUT2D eigenvalue weighted by Gasteiger charge is -2.11. The van der Waals surface area contributed by atoms with Crippen LogP contribution in [0.15, 0.2) is 179 Å². The Kier molecular flexibility index (Phi) is 7.19. The molecule has 0 aliphatic carbocycles. The third-order valence-corrected chi connectivity index (χ3v) is 7.23. The maximum atomic E-state index is 4.98. The number of H-pyrrole nitrogens is 1. The summed E-state index contributed by atoms with van der Waals surface area (Å²) in [6.07, 6.45) is 8.17. The molecule has 2 aliphatic rings. The highest BCUT2D eigenvalue weighted by molar-refractivity contribution is 6.09. The van der Waals surface area contributed by atoms with Gasteiger partial charge in [-0.3, -0.25) is 0 Å². The molecule has 5 nitrogen and oxygen atoms in total. The average Bonchev–Trinajstić information content (AvgIpc) is 3.83. The summed E-state index contributed by atoms with van der Waals surface area (Å²) in [5.41, 5.74) is 9.97. The summed E-state index contributed by atoms with van der Waals surface area (Å²) in [5.74, 6) is 1.61. The summed E-state index contributed by atoms with van der Waals surface area (Å²) in [7, 11) is 0. The van der Waals surface area contributed by atoms with Crippen LogP contribution in [0.5, 0.6) is 0 Å². The summed E-state index contributed by atoms with van der Waals surface area (Å²) in [6, 6.07) is 45.2. The zero-order chi connectivity index (χ0) is 28.8. The second-order valence-electron chi connectivity index (χ2n) is 10.2. The van der Waals surface area contributed by atoms with E-state index in [1.165, 1.54) is 0 Å². The Morgan fingerprint density at radius 2 is 0.791 bits per heavy atom. The number of anilines is 2. The number of aromatic nitrogens is 1. The van der Waals surface area contributed by atoms with E-state index in [-0.39, 0.29) is 0 Å². The van der Waals surface area contributed by atoms with Crippen LogP contribution >= 0.6 is 0 Å². The molecular formula is C38H29N5. The number of nitrogens with one attached hydrogen (secondary N) is 3. The summed E-state index contributed by atoms with van der Waals surface area (Å²) in [5, 5.41) is 6.83. The maximum absolute atomic E-state index is 4.98. The molecule has 5 aromatic rings. The number of allylic oxidation sites excluding steroid dienone is 2. The molecule has 0 atom stereocenters. The fourth-order valence-electron chi connectivity index (χ4n) is 5.26. The lowest BCUT2D eigenvalue weighted by molar-refractivity contribution is 1.27. The summed E-state index contributed by atoms with van der Waals surface area (Å²) < 4.78 is 0. The van der Waals surface area contributed by atoms with Gasteiger partial charge in [-0.15, -0.1) is 0 Å². The van der Waals surface area contributed by atoms with Gasteiger partial charge in [-0.1, -0.05) is 97.1 Å². The van der Waals surface area contributed by atoms with E-state index < -0.39 is 0 Å². The molecule has 1 aromatic heterocycles. The van der Waals surface area contributed by atoms with E-state index in [1.807, 2.05) is 84.9 Å². The molecule has 0 spiro atoms. The lowest BCUT2D eigenvalue weighted by atomic mass is 10.0. The van der Waals surface area contributed by atoms with Crippen molar-refractivity contribution in [2.24, 2.45) is 9.98 Å². The predicted octanol–water partition coefficient (Wildman–Crippen LogP) is 8.69. The highest BCUT2D eigenvalue weighted by Crippen LogP contribution is 2.34. The Morgan fingerprint density at radius 3 is 1.19 bits per heavy atom. The van der Waals surface area contributed by atoms with Crippen molar-refractivity contribution in [2.45, 2.75) is 0 Å². The molecule has 3 heterocycles. The molecule has 0 fully saturated rings. The number of hydrogen-bond donors (Lipinski definition) is 3. The quantitative estimate of drug-likeness (QED) is 0.196. The first-order chi connectivity index (χ1) is 21.3. The first-order valence-electron chi connectivity index (χ1n) is 14.3. The van der Waals surface area contributed by atoms with E-state index in [9.17, 15) is 0 Å². The van der Waals surface area contributed by atoms with Gasteiger partial charge in [-0.25, -0.2) is 9.98 Å². The Morgan fingerprint density at radius 1 is 0.419 bits per heavy atom. The monoisotopic (exact) mass is 555 g/mol. The molecule has 0 radical (unpaired) electrons. The summed E-state index contributed by atoms with van der Waals surface area (Å²) in [6.45, 7) is 0. The minimum Gasteiger partial charge on any atom is -0.354 e. The molecule has 206 valence electrons. The highest BCUT2D eigenvalue weighted by Gasteiger charge is 2.20. The number of rotatable bonds is 6. The molecule has 7 rings (SSSR count). The molecule has 43 heavy (non-hydrogen) atoms. The molecule has 4 aromatic carbocycles.